The summed E-state index contributed by atoms with van der Waals surface area (Å²) in [6.45, 7) is 0. The molecule has 1 aliphatic rings. The average Bonchev–Trinajstić information content (AvgIpc) is 2.19. The number of hydrogen-bond acceptors (Lipinski definition) is 0. The smallest absolute Gasteiger partial charge is 0.102 e. The maximum absolute atomic E-state index is 6.11. The van der Waals surface area contributed by atoms with Gasteiger partial charge in [0, 0.05) is 0 Å². The van der Waals surface area contributed by atoms with Gasteiger partial charge in [0.1, 0.15) is 3.78 Å². The highest BCUT2D eigenvalue weighted by Gasteiger charge is 2.20. The van der Waals surface area contributed by atoms with Crippen molar-refractivity contribution in [3.8, 4) is 0 Å². The van der Waals surface area contributed by atoms with Gasteiger partial charge >= 0.3 is 0 Å². The predicted octanol–water partition coefficient (Wildman–Crippen LogP) is 4.36. The Hall–Kier alpha value is -0.530. The Morgan fingerprint density at radius 1 is 1.21 bits per heavy atom. The molecule has 0 fully saturated rings. The third-order valence-electron chi connectivity index (χ3n) is 2.21. The zero-order chi connectivity index (χ0) is 10.0. The summed E-state index contributed by atoms with van der Waals surface area (Å²) in [5.41, 5.74) is 2.48. The fourth-order valence-corrected chi connectivity index (χ4v) is 1.87. The molecule has 0 saturated carbocycles. The minimum atomic E-state index is -0.384. The van der Waals surface area contributed by atoms with Crippen molar-refractivity contribution in [2.45, 2.75) is 10.2 Å². The fourth-order valence-electron chi connectivity index (χ4n) is 1.44. The van der Waals surface area contributed by atoms with Crippen LogP contribution < -0.4 is 0 Å². The quantitative estimate of drug-likeness (QED) is 0.665. The van der Waals surface area contributed by atoms with E-state index >= 15 is 0 Å². The highest BCUT2D eigenvalue weighted by Crippen LogP contribution is 2.35. The first-order valence-corrected chi connectivity index (χ1v) is 5.67. The number of hydrogen-bond donors (Lipinski definition) is 0. The molecule has 2 rings (SSSR count). The van der Waals surface area contributed by atoms with Crippen LogP contribution in [0.25, 0.3) is 5.57 Å². The molecule has 1 aromatic carbocycles. The Balaban J connectivity index is 2.25. The molecular formula is C12H10BrCl. The lowest BCUT2D eigenvalue weighted by Crippen LogP contribution is -2.08. The van der Waals surface area contributed by atoms with Gasteiger partial charge in [0.05, 0.1) is 0 Å². The third kappa shape index (κ3) is 2.28. The number of alkyl halides is 2. The molecule has 0 nitrogen and oxygen atoms in total. The van der Waals surface area contributed by atoms with Gasteiger partial charge < -0.3 is 0 Å². The molecule has 0 heterocycles. The van der Waals surface area contributed by atoms with Crippen molar-refractivity contribution in [2.24, 2.45) is 0 Å². The third-order valence-corrected chi connectivity index (χ3v) is 3.08. The van der Waals surface area contributed by atoms with Gasteiger partial charge in [-0.15, -0.1) is 11.6 Å². The van der Waals surface area contributed by atoms with E-state index in [0.717, 1.165) is 6.42 Å². The van der Waals surface area contributed by atoms with Crippen molar-refractivity contribution in [1.29, 1.82) is 0 Å². The van der Waals surface area contributed by atoms with Crippen LogP contribution in [0.3, 0.4) is 0 Å². The Morgan fingerprint density at radius 2 is 1.93 bits per heavy atom. The maximum Gasteiger partial charge on any atom is 0.121 e. The second-order valence-corrected chi connectivity index (χ2v) is 5.87. The summed E-state index contributed by atoms with van der Waals surface area (Å²) in [6.07, 6.45) is 7.00. The summed E-state index contributed by atoms with van der Waals surface area (Å²) >= 11 is 9.54. The van der Waals surface area contributed by atoms with Crippen molar-refractivity contribution in [3.63, 3.8) is 0 Å². The predicted molar refractivity (Wildman–Crippen MR) is 65.7 cm³/mol. The van der Waals surface area contributed by atoms with E-state index in [1.54, 1.807) is 0 Å². The second kappa shape index (κ2) is 3.92. The zero-order valence-corrected chi connectivity index (χ0v) is 9.92. The lowest BCUT2D eigenvalue weighted by Gasteiger charge is -2.18. The molecule has 14 heavy (non-hydrogen) atoms. The van der Waals surface area contributed by atoms with E-state index in [-0.39, 0.29) is 3.78 Å². The molecule has 1 unspecified atom stereocenters. The topological polar surface area (TPSA) is 0 Å². The molecule has 0 saturated heterocycles. The molecule has 1 atom stereocenters. The summed E-state index contributed by atoms with van der Waals surface area (Å²) in [4.78, 5) is 0. The molecule has 72 valence electrons. The maximum atomic E-state index is 6.11. The molecule has 0 bridgehead atoms. The Bertz CT molecular complexity index is 377. The van der Waals surface area contributed by atoms with E-state index in [1.165, 1.54) is 11.1 Å². The minimum absolute atomic E-state index is 0.384. The Kier molecular flexibility index (Phi) is 2.80. The lowest BCUT2D eigenvalue weighted by atomic mass is 10.00. The van der Waals surface area contributed by atoms with Crippen molar-refractivity contribution >= 4 is 33.1 Å². The zero-order valence-electron chi connectivity index (χ0n) is 7.58. The van der Waals surface area contributed by atoms with Gasteiger partial charge in [-0.05, 0) is 17.6 Å². The molecular weight excluding hydrogens is 259 g/mol. The van der Waals surface area contributed by atoms with Gasteiger partial charge in [0.25, 0.3) is 0 Å². The lowest BCUT2D eigenvalue weighted by molar-refractivity contribution is 0.998. The molecule has 0 spiro atoms. The molecule has 0 N–H and O–H groups in total. The monoisotopic (exact) mass is 268 g/mol. The summed E-state index contributed by atoms with van der Waals surface area (Å²) in [5.74, 6) is 0. The molecule has 1 aliphatic carbocycles. The molecule has 1 aromatic rings. The van der Waals surface area contributed by atoms with Gasteiger partial charge in [-0.2, -0.15) is 0 Å². The van der Waals surface area contributed by atoms with Gasteiger partial charge in [-0.25, -0.2) is 0 Å². The van der Waals surface area contributed by atoms with Crippen molar-refractivity contribution < 1.29 is 0 Å². The van der Waals surface area contributed by atoms with E-state index in [0.29, 0.717) is 0 Å². The molecule has 2 heteroatoms. The summed E-state index contributed by atoms with van der Waals surface area (Å²) in [6, 6.07) is 10.3. The number of rotatable bonds is 1. The van der Waals surface area contributed by atoms with E-state index in [9.17, 15) is 0 Å². The average molecular weight is 270 g/mol. The van der Waals surface area contributed by atoms with Crippen LogP contribution in [-0.2, 0) is 0 Å². The highest BCUT2D eigenvalue weighted by molar-refractivity contribution is 9.10. The largest absolute Gasteiger partial charge is 0.121 e. The fraction of sp³-hybridized carbons (Fsp3) is 0.167. The first-order chi connectivity index (χ1) is 6.67. The first-order valence-electron chi connectivity index (χ1n) is 4.50. The van der Waals surface area contributed by atoms with E-state index < -0.39 is 0 Å². The summed E-state index contributed by atoms with van der Waals surface area (Å²) in [5, 5.41) is 0. The van der Waals surface area contributed by atoms with Crippen molar-refractivity contribution in [3.05, 3.63) is 54.1 Å². The SMILES string of the molecule is ClC1(Br)C=CC(c2ccccc2)=CC1. The van der Waals surface area contributed by atoms with Crippen LogP contribution in [0.15, 0.2) is 48.6 Å². The normalized spacial score (nSPS) is 26.0. The van der Waals surface area contributed by atoms with Crippen LogP contribution in [0.5, 0.6) is 0 Å². The van der Waals surface area contributed by atoms with Crippen LogP contribution >= 0.6 is 27.5 Å². The number of halogens is 2. The minimum Gasteiger partial charge on any atom is -0.102 e. The van der Waals surface area contributed by atoms with E-state index in [4.69, 9.17) is 11.6 Å². The van der Waals surface area contributed by atoms with E-state index in [1.807, 2.05) is 24.3 Å². The molecule has 0 aromatic heterocycles. The standard InChI is InChI=1S/C12H10BrCl/c13-12(14)8-6-11(7-9-12)10-4-2-1-3-5-10/h1-8H,9H2. The van der Waals surface area contributed by atoms with Gasteiger partial charge in [-0.1, -0.05) is 64.5 Å². The van der Waals surface area contributed by atoms with E-state index in [2.05, 4.69) is 40.2 Å². The van der Waals surface area contributed by atoms with Gasteiger partial charge in [0.15, 0.2) is 0 Å². The molecule has 0 radical (unpaired) electrons. The number of benzene rings is 1. The van der Waals surface area contributed by atoms with Crippen molar-refractivity contribution in [2.75, 3.05) is 0 Å². The number of allylic oxidation sites excluding steroid dienone is 4. The molecule has 0 aliphatic heterocycles. The molecule has 0 amide bonds. The summed E-state index contributed by atoms with van der Waals surface area (Å²) < 4.78 is -0.384. The summed E-state index contributed by atoms with van der Waals surface area (Å²) in [7, 11) is 0. The van der Waals surface area contributed by atoms with Gasteiger partial charge in [-0.3, -0.25) is 0 Å². The highest BCUT2D eigenvalue weighted by atomic mass is 79.9. The van der Waals surface area contributed by atoms with Crippen LogP contribution in [-0.4, -0.2) is 3.78 Å². The van der Waals surface area contributed by atoms with Crippen LogP contribution in [0.4, 0.5) is 0 Å². The van der Waals surface area contributed by atoms with Crippen LogP contribution in [0.2, 0.25) is 0 Å². The Labute approximate surface area is 97.4 Å². The van der Waals surface area contributed by atoms with Gasteiger partial charge in [0.2, 0.25) is 0 Å². The Morgan fingerprint density at radius 3 is 2.50 bits per heavy atom. The first kappa shape index (κ1) is 10.0. The van der Waals surface area contributed by atoms with Crippen LogP contribution in [0.1, 0.15) is 12.0 Å². The van der Waals surface area contributed by atoms with Crippen molar-refractivity contribution in [1.82, 2.24) is 0 Å². The van der Waals surface area contributed by atoms with Crippen LogP contribution in [0, 0.1) is 0 Å². The second-order valence-electron chi connectivity index (χ2n) is 3.32.